The van der Waals surface area contributed by atoms with Crippen molar-refractivity contribution in [3.63, 3.8) is 0 Å². The normalized spacial score (nSPS) is 12.7. The summed E-state index contributed by atoms with van der Waals surface area (Å²) in [6, 6.07) is 16.4. The summed E-state index contributed by atoms with van der Waals surface area (Å²) in [6.45, 7) is 11.4. The summed E-state index contributed by atoms with van der Waals surface area (Å²) in [5, 5.41) is 0. The summed E-state index contributed by atoms with van der Waals surface area (Å²) in [5.41, 5.74) is 10.5. The molecule has 2 aromatic rings. The van der Waals surface area contributed by atoms with E-state index in [9.17, 15) is 4.79 Å². The van der Waals surface area contributed by atoms with E-state index < -0.39 is 0 Å². The fraction of sp³-hybridized carbons (Fsp3) is 0.409. The fourth-order valence-electron chi connectivity index (χ4n) is 3.12. The van der Waals surface area contributed by atoms with Crippen LogP contribution in [0.25, 0.3) is 0 Å². The third kappa shape index (κ3) is 4.85. The molecule has 1 atom stereocenters. The Morgan fingerprint density at radius 3 is 2.24 bits per heavy atom. The highest BCUT2D eigenvalue weighted by Gasteiger charge is 2.24. The molecule has 25 heavy (non-hydrogen) atoms. The number of amides is 1. The fourth-order valence-corrected chi connectivity index (χ4v) is 3.12. The van der Waals surface area contributed by atoms with Crippen LogP contribution >= 0.6 is 0 Å². The average Bonchev–Trinajstić information content (AvgIpc) is 2.54. The molecule has 0 heterocycles. The van der Waals surface area contributed by atoms with Crippen molar-refractivity contribution >= 4 is 11.6 Å². The number of rotatable bonds is 6. The highest BCUT2D eigenvalue weighted by molar-refractivity contribution is 5.84. The van der Waals surface area contributed by atoms with Crippen LogP contribution in [0.4, 0.5) is 5.69 Å². The van der Waals surface area contributed by atoms with Gasteiger partial charge in [0, 0.05) is 18.7 Å². The molecule has 1 unspecified atom stereocenters. The zero-order valence-electron chi connectivity index (χ0n) is 16.0. The Morgan fingerprint density at radius 2 is 1.76 bits per heavy atom. The first kappa shape index (κ1) is 19.0. The molecule has 0 aliphatic heterocycles. The van der Waals surface area contributed by atoms with E-state index in [1.807, 2.05) is 12.1 Å². The van der Waals surface area contributed by atoms with Gasteiger partial charge in [0.2, 0.25) is 5.91 Å². The van der Waals surface area contributed by atoms with Crippen molar-refractivity contribution in [1.29, 1.82) is 0 Å². The predicted octanol–water partition coefficient (Wildman–Crippen LogP) is 4.22. The first-order valence-corrected chi connectivity index (χ1v) is 8.94. The summed E-state index contributed by atoms with van der Waals surface area (Å²) in [5.74, 6) is -0.289. The lowest BCUT2D eigenvalue weighted by Crippen LogP contribution is -2.46. The smallest absolute Gasteiger partial charge is 0.240 e. The third-order valence-electron chi connectivity index (χ3n) is 4.63. The van der Waals surface area contributed by atoms with Crippen molar-refractivity contribution in [3.05, 3.63) is 65.2 Å². The minimum atomic E-state index is -0.354. The van der Waals surface area contributed by atoms with Crippen LogP contribution in [-0.2, 0) is 16.6 Å². The van der Waals surface area contributed by atoms with Gasteiger partial charge in [-0.3, -0.25) is 4.79 Å². The molecule has 0 saturated heterocycles. The van der Waals surface area contributed by atoms with Crippen LogP contribution in [0.15, 0.2) is 48.5 Å². The quantitative estimate of drug-likeness (QED) is 0.857. The van der Waals surface area contributed by atoms with Crippen molar-refractivity contribution in [3.8, 4) is 0 Å². The molecule has 0 saturated carbocycles. The molecule has 0 bridgehead atoms. The van der Waals surface area contributed by atoms with Crippen molar-refractivity contribution in [1.82, 2.24) is 0 Å². The number of carbonyl (C=O) groups excluding carboxylic acids is 1. The highest BCUT2D eigenvalue weighted by Crippen LogP contribution is 2.24. The first-order chi connectivity index (χ1) is 11.7. The van der Waals surface area contributed by atoms with Crippen molar-refractivity contribution < 1.29 is 4.79 Å². The van der Waals surface area contributed by atoms with E-state index in [1.54, 1.807) is 0 Å². The van der Waals surface area contributed by atoms with Crippen LogP contribution in [-0.4, -0.2) is 18.5 Å². The van der Waals surface area contributed by atoms with Gasteiger partial charge >= 0.3 is 0 Å². The van der Waals surface area contributed by atoms with E-state index in [-0.39, 0.29) is 17.4 Å². The number of nitrogens with zero attached hydrogens (tertiary/aromatic N) is 1. The zero-order valence-corrected chi connectivity index (χ0v) is 16.0. The van der Waals surface area contributed by atoms with Crippen molar-refractivity contribution in [2.75, 3.05) is 11.4 Å². The molecule has 0 fully saturated rings. The van der Waals surface area contributed by atoms with Crippen LogP contribution in [0.1, 0.15) is 44.4 Å². The van der Waals surface area contributed by atoms with E-state index in [4.69, 9.17) is 5.73 Å². The predicted molar refractivity (Wildman–Crippen MR) is 106 cm³/mol. The molecular formula is C22H30N2O. The second-order valence-electron chi connectivity index (χ2n) is 7.69. The van der Waals surface area contributed by atoms with Gasteiger partial charge in [-0.15, -0.1) is 0 Å². The van der Waals surface area contributed by atoms with E-state index in [0.29, 0.717) is 6.42 Å². The lowest BCUT2D eigenvalue weighted by atomic mass is 9.86. The summed E-state index contributed by atoms with van der Waals surface area (Å²) in [6.07, 6.45) is 0.613. The summed E-state index contributed by atoms with van der Waals surface area (Å²) < 4.78 is 0. The largest absolute Gasteiger partial charge is 0.368 e. The number of nitrogens with two attached hydrogens (primary N) is 1. The molecule has 3 heteroatoms. The number of carbonyl (C=O) groups is 1. The Hall–Kier alpha value is -2.29. The third-order valence-corrected chi connectivity index (χ3v) is 4.63. The first-order valence-electron chi connectivity index (χ1n) is 8.94. The van der Waals surface area contributed by atoms with Crippen molar-refractivity contribution in [2.24, 2.45) is 5.73 Å². The number of benzene rings is 2. The van der Waals surface area contributed by atoms with E-state index in [1.165, 1.54) is 11.1 Å². The Kier molecular flexibility index (Phi) is 5.89. The number of anilines is 1. The van der Waals surface area contributed by atoms with E-state index in [2.05, 4.69) is 75.9 Å². The highest BCUT2D eigenvalue weighted by atomic mass is 16.1. The minimum Gasteiger partial charge on any atom is -0.368 e. The number of primary amides is 1. The Labute approximate surface area is 151 Å². The topological polar surface area (TPSA) is 46.3 Å². The number of hydrogen-bond acceptors (Lipinski definition) is 2. The molecular weight excluding hydrogens is 308 g/mol. The summed E-state index contributed by atoms with van der Waals surface area (Å²) >= 11 is 0. The molecule has 2 N–H and O–H groups in total. The maximum Gasteiger partial charge on any atom is 0.240 e. The van der Waals surface area contributed by atoms with E-state index >= 15 is 0 Å². The SMILES string of the molecule is CCN(c1cccc(C)c1)C(Cc1ccc(C(C)(C)C)cc1)C(N)=O. The molecule has 0 aromatic heterocycles. The standard InChI is InChI=1S/C22H30N2O/c1-6-24(19-9-7-8-16(2)14-19)20(21(23)25)15-17-10-12-18(13-11-17)22(3,4)5/h7-14,20H,6,15H2,1-5H3,(H2,23,25). The number of aryl methyl sites for hydroxylation is 1. The second-order valence-corrected chi connectivity index (χ2v) is 7.69. The molecule has 0 radical (unpaired) electrons. The molecule has 3 nitrogen and oxygen atoms in total. The number of likely N-dealkylation sites (N-methyl/N-ethyl adjacent to an activating group) is 1. The lowest BCUT2D eigenvalue weighted by Gasteiger charge is -2.31. The second kappa shape index (κ2) is 7.73. The summed E-state index contributed by atoms with van der Waals surface area (Å²) in [7, 11) is 0. The molecule has 1 amide bonds. The Bertz CT molecular complexity index is 714. The van der Waals surface area contributed by atoms with Gasteiger partial charge in [-0.2, -0.15) is 0 Å². The van der Waals surface area contributed by atoms with Crippen LogP contribution in [0.2, 0.25) is 0 Å². The molecule has 2 rings (SSSR count). The van der Waals surface area contributed by atoms with Crippen LogP contribution in [0.3, 0.4) is 0 Å². The molecule has 0 spiro atoms. The van der Waals surface area contributed by atoms with Crippen LogP contribution in [0.5, 0.6) is 0 Å². The van der Waals surface area contributed by atoms with Gasteiger partial charge in [0.1, 0.15) is 6.04 Å². The lowest BCUT2D eigenvalue weighted by molar-refractivity contribution is -0.119. The summed E-state index contributed by atoms with van der Waals surface area (Å²) in [4.78, 5) is 14.3. The van der Waals surface area contributed by atoms with Crippen LogP contribution < -0.4 is 10.6 Å². The van der Waals surface area contributed by atoms with Gasteiger partial charge < -0.3 is 10.6 Å². The van der Waals surface area contributed by atoms with Gasteiger partial charge in [0.05, 0.1) is 0 Å². The minimum absolute atomic E-state index is 0.124. The molecule has 0 aliphatic rings. The monoisotopic (exact) mass is 338 g/mol. The Morgan fingerprint density at radius 1 is 1.12 bits per heavy atom. The molecule has 134 valence electrons. The molecule has 2 aromatic carbocycles. The maximum absolute atomic E-state index is 12.2. The van der Waals surface area contributed by atoms with Gasteiger partial charge in [-0.25, -0.2) is 0 Å². The van der Waals surface area contributed by atoms with Gasteiger partial charge in [0.15, 0.2) is 0 Å². The number of hydrogen-bond donors (Lipinski definition) is 1. The Balaban J connectivity index is 2.27. The molecule has 0 aliphatic carbocycles. The van der Waals surface area contributed by atoms with Gasteiger partial charge in [-0.1, -0.05) is 57.2 Å². The zero-order chi connectivity index (χ0) is 18.6. The van der Waals surface area contributed by atoms with Crippen LogP contribution in [0, 0.1) is 6.92 Å². The van der Waals surface area contributed by atoms with Gasteiger partial charge in [0.25, 0.3) is 0 Å². The maximum atomic E-state index is 12.2. The van der Waals surface area contributed by atoms with Crippen molar-refractivity contribution in [2.45, 2.75) is 52.5 Å². The average molecular weight is 338 g/mol. The van der Waals surface area contributed by atoms with E-state index in [0.717, 1.165) is 17.8 Å². The van der Waals surface area contributed by atoms with Gasteiger partial charge in [-0.05, 0) is 48.1 Å².